The molecule has 1 heterocycles. The molecule has 0 aromatic carbocycles. The molecule has 3 rings (SSSR count). The van der Waals surface area contributed by atoms with Gasteiger partial charge in [0.05, 0.1) is 12.5 Å². The van der Waals surface area contributed by atoms with E-state index in [0.29, 0.717) is 12.5 Å². The van der Waals surface area contributed by atoms with Crippen molar-refractivity contribution in [3.63, 3.8) is 0 Å². The lowest BCUT2D eigenvalue weighted by Gasteiger charge is -2.13. The highest BCUT2D eigenvalue weighted by atomic mass is 16.2. The number of carbonyl (C=O) groups excluding carboxylic acids is 2. The topological polar surface area (TPSA) is 49.4 Å². The minimum absolute atomic E-state index is 0.0180. The predicted molar refractivity (Wildman–Crippen MR) is 49.4 cm³/mol. The van der Waals surface area contributed by atoms with Gasteiger partial charge in [0.25, 0.3) is 0 Å². The molecule has 2 amide bonds. The Balaban J connectivity index is 1.69. The Kier molecular flexibility index (Phi) is 1.68. The van der Waals surface area contributed by atoms with E-state index in [1.807, 2.05) is 0 Å². The van der Waals surface area contributed by atoms with Gasteiger partial charge in [-0.25, -0.2) is 0 Å². The SMILES string of the molecule is O=C1CC(NC2CC2)C(=O)N1C1CC1. The Labute approximate surface area is 82.6 Å². The van der Waals surface area contributed by atoms with Gasteiger partial charge in [-0.1, -0.05) is 0 Å². The van der Waals surface area contributed by atoms with Crippen molar-refractivity contribution in [2.45, 2.75) is 50.2 Å². The average molecular weight is 194 g/mol. The fraction of sp³-hybridized carbons (Fsp3) is 0.800. The molecule has 3 fully saturated rings. The molecule has 0 radical (unpaired) electrons. The lowest BCUT2D eigenvalue weighted by Crippen LogP contribution is -2.40. The Morgan fingerprint density at radius 1 is 1.14 bits per heavy atom. The quantitative estimate of drug-likeness (QED) is 0.645. The molecule has 4 nitrogen and oxygen atoms in total. The van der Waals surface area contributed by atoms with Crippen LogP contribution in [0.2, 0.25) is 0 Å². The number of likely N-dealkylation sites (tertiary alicyclic amines) is 1. The molecule has 1 N–H and O–H groups in total. The summed E-state index contributed by atoms with van der Waals surface area (Å²) in [5.74, 6) is 0.0417. The maximum atomic E-state index is 11.8. The minimum atomic E-state index is -0.212. The number of amides is 2. The van der Waals surface area contributed by atoms with Gasteiger partial charge in [-0.3, -0.25) is 14.5 Å². The first-order chi connectivity index (χ1) is 6.75. The smallest absolute Gasteiger partial charge is 0.247 e. The Hall–Kier alpha value is -0.900. The zero-order valence-corrected chi connectivity index (χ0v) is 8.03. The summed E-state index contributed by atoms with van der Waals surface area (Å²) in [5, 5.41) is 3.23. The Bertz CT molecular complexity index is 294. The summed E-state index contributed by atoms with van der Waals surface area (Å²) in [5.41, 5.74) is 0. The monoisotopic (exact) mass is 194 g/mol. The van der Waals surface area contributed by atoms with Crippen molar-refractivity contribution in [2.24, 2.45) is 0 Å². The standard InChI is InChI=1S/C10H14N2O2/c13-9-5-8(11-6-1-2-6)10(14)12(9)7-3-4-7/h6-8,11H,1-5H2. The van der Waals surface area contributed by atoms with Gasteiger partial charge in [0, 0.05) is 12.1 Å². The molecule has 4 heteroatoms. The highest BCUT2D eigenvalue weighted by Crippen LogP contribution is 2.32. The molecule has 1 atom stereocenters. The first-order valence-electron chi connectivity index (χ1n) is 5.37. The molecule has 14 heavy (non-hydrogen) atoms. The van der Waals surface area contributed by atoms with Crippen LogP contribution in [0.5, 0.6) is 0 Å². The molecule has 2 aliphatic carbocycles. The molecular weight excluding hydrogens is 180 g/mol. The van der Waals surface area contributed by atoms with Crippen LogP contribution in [-0.2, 0) is 9.59 Å². The van der Waals surface area contributed by atoms with E-state index in [2.05, 4.69) is 5.32 Å². The summed E-state index contributed by atoms with van der Waals surface area (Å²) in [6, 6.07) is 0.521. The van der Waals surface area contributed by atoms with E-state index >= 15 is 0 Å². The fourth-order valence-electron chi connectivity index (χ4n) is 2.03. The van der Waals surface area contributed by atoms with Crippen LogP contribution in [0.3, 0.4) is 0 Å². The molecule has 0 aromatic rings. The van der Waals surface area contributed by atoms with E-state index < -0.39 is 0 Å². The Morgan fingerprint density at radius 3 is 2.43 bits per heavy atom. The summed E-state index contributed by atoms with van der Waals surface area (Å²) < 4.78 is 0. The van der Waals surface area contributed by atoms with Crippen LogP contribution < -0.4 is 5.32 Å². The number of nitrogens with one attached hydrogen (secondary N) is 1. The number of imide groups is 1. The Morgan fingerprint density at radius 2 is 1.86 bits per heavy atom. The van der Waals surface area contributed by atoms with Crippen molar-refractivity contribution in [3.8, 4) is 0 Å². The van der Waals surface area contributed by atoms with Crippen molar-refractivity contribution in [3.05, 3.63) is 0 Å². The molecule has 2 saturated carbocycles. The van der Waals surface area contributed by atoms with Crippen LogP contribution in [0, 0.1) is 0 Å². The van der Waals surface area contributed by atoms with Crippen LogP contribution in [0.15, 0.2) is 0 Å². The molecule has 1 unspecified atom stereocenters. The van der Waals surface area contributed by atoms with Crippen LogP contribution in [0.1, 0.15) is 32.1 Å². The molecular formula is C10H14N2O2. The van der Waals surface area contributed by atoms with Gasteiger partial charge in [-0.2, -0.15) is 0 Å². The van der Waals surface area contributed by atoms with Crippen LogP contribution in [0.4, 0.5) is 0 Å². The largest absolute Gasteiger partial charge is 0.303 e. The lowest BCUT2D eigenvalue weighted by atomic mass is 10.2. The number of nitrogens with zero attached hydrogens (tertiary/aromatic N) is 1. The molecule has 0 aromatic heterocycles. The van der Waals surface area contributed by atoms with Crippen molar-refractivity contribution in [1.29, 1.82) is 0 Å². The molecule has 1 aliphatic heterocycles. The number of hydrogen-bond donors (Lipinski definition) is 1. The second-order valence-electron chi connectivity index (χ2n) is 4.53. The van der Waals surface area contributed by atoms with E-state index in [1.165, 1.54) is 4.90 Å². The molecule has 76 valence electrons. The van der Waals surface area contributed by atoms with Crippen molar-refractivity contribution >= 4 is 11.8 Å². The zero-order chi connectivity index (χ0) is 9.71. The first-order valence-corrected chi connectivity index (χ1v) is 5.37. The normalized spacial score (nSPS) is 32.9. The maximum Gasteiger partial charge on any atom is 0.247 e. The third-order valence-corrected chi connectivity index (χ3v) is 3.11. The van der Waals surface area contributed by atoms with Gasteiger partial charge in [0.2, 0.25) is 11.8 Å². The summed E-state index contributed by atoms with van der Waals surface area (Å²) in [6.07, 6.45) is 4.70. The van der Waals surface area contributed by atoms with Gasteiger partial charge < -0.3 is 5.32 Å². The van der Waals surface area contributed by atoms with E-state index in [9.17, 15) is 9.59 Å². The fourth-order valence-corrected chi connectivity index (χ4v) is 2.03. The van der Waals surface area contributed by atoms with E-state index in [4.69, 9.17) is 0 Å². The van der Waals surface area contributed by atoms with Crippen molar-refractivity contribution in [2.75, 3.05) is 0 Å². The van der Waals surface area contributed by atoms with Gasteiger partial charge in [-0.05, 0) is 25.7 Å². The summed E-state index contributed by atoms with van der Waals surface area (Å²) in [4.78, 5) is 24.8. The first kappa shape index (κ1) is 8.41. The van der Waals surface area contributed by atoms with Crippen LogP contribution >= 0.6 is 0 Å². The number of rotatable bonds is 3. The maximum absolute atomic E-state index is 11.8. The zero-order valence-electron chi connectivity index (χ0n) is 8.03. The third kappa shape index (κ3) is 1.34. The summed E-state index contributed by atoms with van der Waals surface area (Å²) in [6.45, 7) is 0. The molecule has 0 bridgehead atoms. The third-order valence-electron chi connectivity index (χ3n) is 3.11. The molecule has 3 aliphatic rings. The van der Waals surface area contributed by atoms with Gasteiger partial charge in [-0.15, -0.1) is 0 Å². The van der Waals surface area contributed by atoms with Crippen molar-refractivity contribution < 1.29 is 9.59 Å². The second-order valence-corrected chi connectivity index (χ2v) is 4.53. The average Bonchev–Trinajstić information content (AvgIpc) is 2.96. The van der Waals surface area contributed by atoms with Gasteiger partial charge >= 0.3 is 0 Å². The summed E-state index contributed by atoms with van der Waals surface area (Å²) in [7, 11) is 0. The predicted octanol–water partition coefficient (Wildman–Crippen LogP) is 0.0283. The van der Waals surface area contributed by atoms with E-state index in [0.717, 1.165) is 25.7 Å². The number of carbonyl (C=O) groups is 2. The van der Waals surface area contributed by atoms with Crippen LogP contribution in [0.25, 0.3) is 0 Å². The van der Waals surface area contributed by atoms with E-state index in [-0.39, 0.29) is 23.9 Å². The summed E-state index contributed by atoms with van der Waals surface area (Å²) >= 11 is 0. The van der Waals surface area contributed by atoms with Gasteiger partial charge in [0.15, 0.2) is 0 Å². The minimum Gasteiger partial charge on any atom is -0.303 e. The second kappa shape index (κ2) is 2.79. The highest BCUT2D eigenvalue weighted by Gasteiger charge is 2.47. The highest BCUT2D eigenvalue weighted by molar-refractivity contribution is 6.06. The van der Waals surface area contributed by atoms with E-state index in [1.54, 1.807) is 0 Å². The van der Waals surface area contributed by atoms with Crippen molar-refractivity contribution in [1.82, 2.24) is 10.2 Å². The molecule has 1 saturated heterocycles. The van der Waals surface area contributed by atoms with Gasteiger partial charge in [0.1, 0.15) is 0 Å². The molecule has 0 spiro atoms. The lowest BCUT2D eigenvalue weighted by molar-refractivity contribution is -0.139. The number of hydrogen-bond acceptors (Lipinski definition) is 3. The van der Waals surface area contributed by atoms with Crippen LogP contribution in [-0.4, -0.2) is 34.8 Å².